The zero-order chi connectivity index (χ0) is 17.8. The Kier molecular flexibility index (Phi) is 5.58. The number of rotatable bonds is 4. The van der Waals surface area contributed by atoms with Crippen LogP contribution in [-0.2, 0) is 22.4 Å². The normalized spacial score (nSPS) is 19.6. The Hall–Kier alpha value is -2.08. The highest BCUT2D eigenvalue weighted by Crippen LogP contribution is 2.29. The maximum absolute atomic E-state index is 12.5. The van der Waals surface area contributed by atoms with Crippen LogP contribution in [0.4, 0.5) is 10.5 Å². The molecule has 0 radical (unpaired) electrons. The third kappa shape index (κ3) is 4.31. The minimum Gasteiger partial charge on any atom is -0.377 e. The lowest BCUT2D eigenvalue weighted by atomic mass is 10.1. The lowest BCUT2D eigenvalue weighted by Gasteiger charge is -2.35. The van der Waals surface area contributed by atoms with Crippen LogP contribution in [0.3, 0.4) is 0 Å². The molecule has 0 unspecified atom stereocenters. The van der Waals surface area contributed by atoms with Crippen LogP contribution in [0.1, 0.15) is 37.8 Å². The number of nitrogens with one attached hydrogen (secondary N) is 2. The first-order chi connectivity index (χ1) is 12.0. The van der Waals surface area contributed by atoms with Crippen molar-refractivity contribution in [2.45, 2.75) is 51.6 Å². The number of carbonyl (C=O) groups excluding carboxylic acids is 2. The summed E-state index contributed by atoms with van der Waals surface area (Å²) in [7, 11) is 0. The summed E-state index contributed by atoms with van der Waals surface area (Å²) in [5.41, 5.74) is 3.50. The van der Waals surface area contributed by atoms with Crippen molar-refractivity contribution >= 4 is 17.6 Å². The molecule has 136 valence electrons. The number of aryl methyl sites for hydroxylation is 1. The minimum atomic E-state index is -0.232. The zero-order valence-electron chi connectivity index (χ0n) is 15.0. The van der Waals surface area contributed by atoms with Gasteiger partial charge in [0.25, 0.3) is 0 Å². The van der Waals surface area contributed by atoms with Crippen LogP contribution in [0.5, 0.6) is 0 Å². The molecular formula is C19H27N3O3. The topological polar surface area (TPSA) is 70.7 Å². The largest absolute Gasteiger partial charge is 0.377 e. The van der Waals surface area contributed by atoms with Gasteiger partial charge in [0.1, 0.15) is 0 Å². The van der Waals surface area contributed by atoms with Crippen LogP contribution in [0, 0.1) is 0 Å². The first-order valence-corrected chi connectivity index (χ1v) is 9.10. The molecule has 2 N–H and O–H groups in total. The second-order valence-corrected chi connectivity index (χ2v) is 7.08. The van der Waals surface area contributed by atoms with Gasteiger partial charge >= 0.3 is 6.03 Å². The predicted octanol–water partition coefficient (Wildman–Crippen LogP) is 2.32. The Balaban J connectivity index is 1.63. The molecule has 25 heavy (non-hydrogen) atoms. The molecule has 0 saturated carbocycles. The highest BCUT2D eigenvalue weighted by atomic mass is 16.5. The quantitative estimate of drug-likeness (QED) is 0.880. The predicted molar refractivity (Wildman–Crippen MR) is 96.7 cm³/mol. The van der Waals surface area contributed by atoms with Crippen LogP contribution < -0.4 is 10.6 Å². The van der Waals surface area contributed by atoms with Crippen molar-refractivity contribution in [3.63, 3.8) is 0 Å². The molecule has 3 rings (SSSR count). The van der Waals surface area contributed by atoms with E-state index in [2.05, 4.69) is 16.7 Å². The number of nitrogens with zero attached hydrogens (tertiary/aromatic N) is 1. The summed E-state index contributed by atoms with van der Waals surface area (Å²) < 4.78 is 5.49. The molecule has 1 aliphatic heterocycles. The lowest BCUT2D eigenvalue weighted by molar-refractivity contribution is -0.118. The maximum atomic E-state index is 12.5. The van der Waals surface area contributed by atoms with Crippen LogP contribution in [-0.4, -0.2) is 48.7 Å². The van der Waals surface area contributed by atoms with Crippen molar-refractivity contribution in [3.05, 3.63) is 29.3 Å². The van der Waals surface area contributed by atoms with Gasteiger partial charge in [-0.05, 0) is 50.3 Å². The van der Waals surface area contributed by atoms with E-state index in [1.54, 1.807) is 4.90 Å². The number of anilines is 1. The van der Waals surface area contributed by atoms with Crippen molar-refractivity contribution in [3.8, 4) is 0 Å². The maximum Gasteiger partial charge on any atom is 0.318 e. The van der Waals surface area contributed by atoms with Crippen molar-refractivity contribution in [2.24, 2.45) is 0 Å². The standard InChI is InChI=1S/C19H27N3O3/c1-13(2)20-19(24)22-9-10-25-12-15(22)11-18(23)21-17-8-4-6-14-5-3-7-16(14)17/h4,6,8,13,15H,3,5,7,9-12H2,1-2H3,(H,20,24)(H,21,23)/t15-/m0/s1. The van der Waals surface area contributed by atoms with Gasteiger partial charge in [-0.2, -0.15) is 0 Å². The zero-order valence-corrected chi connectivity index (χ0v) is 15.0. The molecule has 1 aromatic rings. The summed E-state index contributed by atoms with van der Waals surface area (Å²) in [5.74, 6) is -0.0712. The summed E-state index contributed by atoms with van der Waals surface area (Å²) in [6, 6.07) is 5.79. The van der Waals surface area contributed by atoms with E-state index in [9.17, 15) is 9.59 Å². The van der Waals surface area contributed by atoms with Gasteiger partial charge in [0.15, 0.2) is 0 Å². The number of urea groups is 1. The van der Waals surface area contributed by atoms with E-state index in [1.807, 2.05) is 26.0 Å². The van der Waals surface area contributed by atoms with E-state index < -0.39 is 0 Å². The fourth-order valence-corrected chi connectivity index (χ4v) is 3.57. The smallest absolute Gasteiger partial charge is 0.318 e. The highest BCUT2D eigenvalue weighted by molar-refractivity contribution is 5.92. The first kappa shape index (κ1) is 17.7. The molecule has 1 atom stereocenters. The van der Waals surface area contributed by atoms with Gasteiger partial charge in [0.2, 0.25) is 5.91 Å². The number of hydrogen-bond donors (Lipinski definition) is 2. The Morgan fingerprint density at radius 2 is 2.16 bits per heavy atom. The van der Waals surface area contributed by atoms with E-state index in [0.717, 1.165) is 24.9 Å². The van der Waals surface area contributed by atoms with Crippen LogP contribution in [0.2, 0.25) is 0 Å². The molecule has 0 aromatic heterocycles. The molecule has 1 aromatic carbocycles. The SMILES string of the molecule is CC(C)NC(=O)N1CCOC[C@@H]1CC(=O)Nc1cccc2c1CCC2. The number of hydrogen-bond acceptors (Lipinski definition) is 3. The summed E-state index contributed by atoms with van der Waals surface area (Å²) >= 11 is 0. The van der Waals surface area contributed by atoms with Gasteiger partial charge in [0.05, 0.1) is 19.3 Å². The lowest BCUT2D eigenvalue weighted by Crippen LogP contribution is -2.54. The first-order valence-electron chi connectivity index (χ1n) is 9.10. The van der Waals surface area contributed by atoms with Crippen LogP contribution in [0.25, 0.3) is 0 Å². The molecule has 1 saturated heterocycles. The molecule has 1 aliphatic carbocycles. The number of fused-ring (bicyclic) bond motifs is 1. The molecule has 3 amide bonds. The molecule has 6 heteroatoms. The third-order valence-electron chi connectivity index (χ3n) is 4.74. The molecule has 6 nitrogen and oxygen atoms in total. The van der Waals surface area contributed by atoms with Crippen LogP contribution in [0.15, 0.2) is 18.2 Å². The Morgan fingerprint density at radius 1 is 1.32 bits per heavy atom. The second kappa shape index (κ2) is 7.87. The van der Waals surface area contributed by atoms with Crippen molar-refractivity contribution in [1.29, 1.82) is 0 Å². The molecule has 0 bridgehead atoms. The second-order valence-electron chi connectivity index (χ2n) is 7.08. The minimum absolute atomic E-state index is 0.0664. The molecular weight excluding hydrogens is 318 g/mol. The van der Waals surface area contributed by atoms with Gasteiger partial charge in [0, 0.05) is 24.7 Å². The van der Waals surface area contributed by atoms with E-state index >= 15 is 0 Å². The van der Waals surface area contributed by atoms with Crippen molar-refractivity contribution in [1.82, 2.24) is 10.2 Å². The van der Waals surface area contributed by atoms with E-state index in [4.69, 9.17) is 4.74 Å². The summed E-state index contributed by atoms with van der Waals surface area (Å²) in [6.45, 7) is 5.27. The van der Waals surface area contributed by atoms with Crippen molar-refractivity contribution < 1.29 is 14.3 Å². The van der Waals surface area contributed by atoms with Crippen molar-refractivity contribution in [2.75, 3.05) is 25.1 Å². The number of ether oxygens (including phenoxy) is 1. The number of amides is 3. The van der Waals surface area contributed by atoms with Crippen LogP contribution >= 0.6 is 0 Å². The fraction of sp³-hybridized carbons (Fsp3) is 0.579. The van der Waals surface area contributed by atoms with Gasteiger partial charge in [-0.25, -0.2) is 4.79 Å². The Morgan fingerprint density at radius 3 is 2.96 bits per heavy atom. The molecule has 0 spiro atoms. The van der Waals surface area contributed by atoms with Gasteiger partial charge in [-0.15, -0.1) is 0 Å². The van der Waals surface area contributed by atoms with E-state index in [-0.39, 0.29) is 30.4 Å². The Bertz CT molecular complexity index is 645. The molecule has 2 aliphatic rings. The fourth-order valence-electron chi connectivity index (χ4n) is 3.57. The highest BCUT2D eigenvalue weighted by Gasteiger charge is 2.29. The average Bonchev–Trinajstić information content (AvgIpc) is 3.04. The van der Waals surface area contributed by atoms with E-state index in [1.165, 1.54) is 11.1 Å². The summed E-state index contributed by atoms with van der Waals surface area (Å²) in [4.78, 5) is 26.6. The van der Waals surface area contributed by atoms with Gasteiger partial charge < -0.3 is 20.3 Å². The third-order valence-corrected chi connectivity index (χ3v) is 4.74. The average molecular weight is 345 g/mol. The number of carbonyl (C=O) groups is 2. The number of morpholine rings is 1. The molecule has 1 heterocycles. The van der Waals surface area contributed by atoms with Gasteiger partial charge in [-0.3, -0.25) is 4.79 Å². The van der Waals surface area contributed by atoms with Gasteiger partial charge in [-0.1, -0.05) is 12.1 Å². The summed E-state index contributed by atoms with van der Waals surface area (Å²) in [6.07, 6.45) is 3.48. The number of benzene rings is 1. The molecule has 1 fully saturated rings. The monoisotopic (exact) mass is 345 g/mol. The Labute approximate surface area is 148 Å². The summed E-state index contributed by atoms with van der Waals surface area (Å²) in [5, 5.41) is 5.94. The van der Waals surface area contributed by atoms with E-state index in [0.29, 0.717) is 19.8 Å².